The molecule has 0 saturated heterocycles. The van der Waals surface area contributed by atoms with Crippen molar-refractivity contribution in [1.82, 2.24) is 0 Å². The summed E-state index contributed by atoms with van der Waals surface area (Å²) in [6.45, 7) is 4.85. The summed E-state index contributed by atoms with van der Waals surface area (Å²) < 4.78 is 5.51. The third-order valence-electron chi connectivity index (χ3n) is 3.47. The van der Waals surface area contributed by atoms with E-state index in [9.17, 15) is 0 Å². The molecule has 0 amide bonds. The van der Waals surface area contributed by atoms with Gasteiger partial charge in [0.05, 0.1) is 6.61 Å². The molecule has 1 atom stereocenters. The molecule has 0 saturated carbocycles. The Morgan fingerprint density at radius 3 is 3.06 bits per heavy atom. The number of ether oxygens (including phenoxy) is 1. The van der Waals surface area contributed by atoms with Gasteiger partial charge in [0.15, 0.2) is 0 Å². The molecule has 94 valence electrons. The summed E-state index contributed by atoms with van der Waals surface area (Å²) in [6, 6.07) is 6.47. The smallest absolute Gasteiger partial charge is 0.122 e. The highest BCUT2D eigenvalue weighted by Gasteiger charge is 2.13. The Bertz CT molecular complexity index is 378. The van der Waals surface area contributed by atoms with Crippen molar-refractivity contribution in [2.45, 2.75) is 19.8 Å². The quantitative estimate of drug-likeness (QED) is 0.847. The first-order chi connectivity index (χ1) is 8.20. The van der Waals surface area contributed by atoms with E-state index < -0.39 is 0 Å². The second kappa shape index (κ2) is 5.41. The molecule has 0 bridgehead atoms. The number of anilines is 1. The number of fused-ring (bicyclic) bond motifs is 1. The first-order valence-electron chi connectivity index (χ1n) is 6.37. The van der Waals surface area contributed by atoms with Crippen molar-refractivity contribution in [2.24, 2.45) is 11.7 Å². The summed E-state index contributed by atoms with van der Waals surface area (Å²) >= 11 is 0. The minimum Gasteiger partial charge on any atom is -0.493 e. The molecule has 1 unspecified atom stereocenters. The van der Waals surface area contributed by atoms with Gasteiger partial charge in [0, 0.05) is 25.7 Å². The maximum Gasteiger partial charge on any atom is 0.122 e. The van der Waals surface area contributed by atoms with Crippen LogP contribution in [0.1, 0.15) is 18.9 Å². The first kappa shape index (κ1) is 12.2. The van der Waals surface area contributed by atoms with Gasteiger partial charge in [0.2, 0.25) is 0 Å². The molecule has 2 rings (SSSR count). The molecule has 1 aromatic carbocycles. The number of nitrogens with two attached hydrogens (primary N) is 1. The van der Waals surface area contributed by atoms with Crippen LogP contribution in [-0.4, -0.2) is 26.7 Å². The summed E-state index contributed by atoms with van der Waals surface area (Å²) in [6.07, 6.45) is 2.18. The van der Waals surface area contributed by atoms with Gasteiger partial charge < -0.3 is 15.4 Å². The summed E-state index contributed by atoms with van der Waals surface area (Å²) in [4.78, 5) is 2.30. The molecule has 0 radical (unpaired) electrons. The number of nitrogens with zero attached hydrogens (tertiary/aromatic N) is 1. The zero-order valence-corrected chi connectivity index (χ0v) is 10.8. The van der Waals surface area contributed by atoms with Gasteiger partial charge in [-0.15, -0.1) is 0 Å². The second-order valence-corrected chi connectivity index (χ2v) is 4.94. The number of benzene rings is 1. The second-order valence-electron chi connectivity index (χ2n) is 4.94. The first-order valence-corrected chi connectivity index (χ1v) is 6.37. The highest BCUT2D eigenvalue weighted by Crippen LogP contribution is 2.29. The molecule has 17 heavy (non-hydrogen) atoms. The third kappa shape index (κ3) is 2.91. The molecule has 0 fully saturated rings. The van der Waals surface area contributed by atoms with E-state index in [4.69, 9.17) is 10.5 Å². The van der Waals surface area contributed by atoms with Crippen molar-refractivity contribution in [3.63, 3.8) is 0 Å². The van der Waals surface area contributed by atoms with Crippen LogP contribution in [0.5, 0.6) is 5.75 Å². The summed E-state index contributed by atoms with van der Waals surface area (Å²) in [5.74, 6) is 1.65. The van der Waals surface area contributed by atoms with Gasteiger partial charge in [0.25, 0.3) is 0 Å². The van der Waals surface area contributed by atoms with E-state index in [1.54, 1.807) is 0 Å². The van der Waals surface area contributed by atoms with Crippen molar-refractivity contribution >= 4 is 5.69 Å². The van der Waals surface area contributed by atoms with Crippen LogP contribution in [0.2, 0.25) is 0 Å². The van der Waals surface area contributed by atoms with Crippen molar-refractivity contribution in [2.75, 3.05) is 31.6 Å². The van der Waals surface area contributed by atoms with E-state index >= 15 is 0 Å². The molecule has 1 aromatic rings. The molecule has 0 spiro atoms. The van der Waals surface area contributed by atoms with Crippen LogP contribution in [0, 0.1) is 5.92 Å². The van der Waals surface area contributed by atoms with Gasteiger partial charge in [-0.2, -0.15) is 0 Å². The Morgan fingerprint density at radius 1 is 1.47 bits per heavy atom. The average molecular weight is 234 g/mol. The fourth-order valence-electron chi connectivity index (χ4n) is 2.07. The Kier molecular flexibility index (Phi) is 3.89. The van der Waals surface area contributed by atoms with E-state index in [-0.39, 0.29) is 0 Å². The van der Waals surface area contributed by atoms with Crippen LogP contribution in [0.4, 0.5) is 5.69 Å². The van der Waals surface area contributed by atoms with E-state index in [1.807, 2.05) is 0 Å². The van der Waals surface area contributed by atoms with Crippen LogP contribution in [0.3, 0.4) is 0 Å². The lowest BCUT2D eigenvalue weighted by Crippen LogP contribution is -2.22. The van der Waals surface area contributed by atoms with Crippen LogP contribution < -0.4 is 15.4 Å². The molecule has 2 N–H and O–H groups in total. The lowest BCUT2D eigenvalue weighted by atomic mass is 10.1. The number of hydrogen-bond acceptors (Lipinski definition) is 3. The average Bonchev–Trinajstić information content (AvgIpc) is 2.82. The Hall–Kier alpha value is -1.22. The van der Waals surface area contributed by atoms with Crippen molar-refractivity contribution < 1.29 is 4.74 Å². The highest BCUT2D eigenvalue weighted by atomic mass is 16.5. The minimum absolute atomic E-state index is 0.593. The molecule has 0 aliphatic carbocycles. The van der Waals surface area contributed by atoms with Crippen LogP contribution in [0.15, 0.2) is 18.2 Å². The van der Waals surface area contributed by atoms with Gasteiger partial charge in [-0.1, -0.05) is 6.92 Å². The van der Waals surface area contributed by atoms with Gasteiger partial charge in [-0.3, -0.25) is 0 Å². The maximum absolute atomic E-state index is 5.64. The number of hydrogen-bond donors (Lipinski definition) is 1. The Labute approximate surface area is 104 Å². The normalized spacial score (nSPS) is 15.2. The molecule has 3 heteroatoms. The minimum atomic E-state index is 0.593. The van der Waals surface area contributed by atoms with Gasteiger partial charge in [-0.25, -0.2) is 0 Å². The third-order valence-corrected chi connectivity index (χ3v) is 3.47. The molecule has 1 aliphatic heterocycles. The zero-order chi connectivity index (χ0) is 12.3. The monoisotopic (exact) mass is 234 g/mol. The van der Waals surface area contributed by atoms with Crippen molar-refractivity contribution in [1.29, 1.82) is 0 Å². The molecular formula is C14H22N2O. The summed E-state index contributed by atoms with van der Waals surface area (Å²) in [5, 5.41) is 0. The van der Waals surface area contributed by atoms with E-state index in [0.717, 1.165) is 38.3 Å². The number of rotatable bonds is 5. The SMILES string of the molecule is CC(CN)CCN(C)c1ccc2c(c1)CCO2. The summed E-state index contributed by atoms with van der Waals surface area (Å²) in [5.41, 5.74) is 8.25. The van der Waals surface area contributed by atoms with Crippen LogP contribution in [0.25, 0.3) is 0 Å². The van der Waals surface area contributed by atoms with E-state index in [0.29, 0.717) is 5.92 Å². The molecular weight excluding hydrogens is 212 g/mol. The predicted octanol–water partition coefficient (Wildman–Crippen LogP) is 2.04. The lowest BCUT2D eigenvalue weighted by molar-refractivity contribution is 0.357. The lowest BCUT2D eigenvalue weighted by Gasteiger charge is -2.21. The Balaban J connectivity index is 1.97. The summed E-state index contributed by atoms with van der Waals surface area (Å²) in [7, 11) is 2.14. The van der Waals surface area contributed by atoms with Gasteiger partial charge in [0.1, 0.15) is 5.75 Å². The van der Waals surface area contributed by atoms with Gasteiger partial charge in [-0.05, 0) is 42.6 Å². The Morgan fingerprint density at radius 2 is 2.29 bits per heavy atom. The van der Waals surface area contributed by atoms with E-state index in [2.05, 4.69) is 37.1 Å². The molecule has 1 aliphatic rings. The largest absolute Gasteiger partial charge is 0.493 e. The van der Waals surface area contributed by atoms with Crippen molar-refractivity contribution in [3.05, 3.63) is 23.8 Å². The fourth-order valence-corrected chi connectivity index (χ4v) is 2.07. The van der Waals surface area contributed by atoms with Crippen molar-refractivity contribution in [3.8, 4) is 5.75 Å². The molecule has 3 nitrogen and oxygen atoms in total. The van der Waals surface area contributed by atoms with Gasteiger partial charge >= 0.3 is 0 Å². The zero-order valence-electron chi connectivity index (χ0n) is 10.8. The van der Waals surface area contributed by atoms with E-state index in [1.165, 1.54) is 11.3 Å². The fraction of sp³-hybridized carbons (Fsp3) is 0.571. The van der Waals surface area contributed by atoms with Crippen LogP contribution >= 0.6 is 0 Å². The maximum atomic E-state index is 5.64. The predicted molar refractivity (Wildman–Crippen MR) is 71.7 cm³/mol. The topological polar surface area (TPSA) is 38.5 Å². The molecule has 0 aromatic heterocycles. The molecule has 1 heterocycles. The standard InChI is InChI=1S/C14H22N2O/c1-11(10-15)5-7-16(2)13-3-4-14-12(9-13)6-8-17-14/h3-4,9,11H,5-8,10,15H2,1-2H3. The highest BCUT2D eigenvalue weighted by molar-refractivity contribution is 5.53. The van der Waals surface area contributed by atoms with Crippen LogP contribution in [-0.2, 0) is 6.42 Å².